The first kappa shape index (κ1) is 17.4. The Kier molecular flexibility index (Phi) is 5.31. The molecule has 0 saturated carbocycles. The molecule has 1 aliphatic heterocycles. The normalized spacial score (nSPS) is 17.6. The van der Waals surface area contributed by atoms with Crippen molar-refractivity contribution in [3.8, 4) is 0 Å². The average Bonchev–Trinajstić information content (AvgIpc) is 2.94. The van der Waals surface area contributed by atoms with Crippen molar-refractivity contribution in [2.75, 3.05) is 25.5 Å². The zero-order valence-corrected chi connectivity index (χ0v) is 15.1. The second-order valence-corrected chi connectivity index (χ2v) is 6.63. The molecular weight excluding hydrogens is 318 g/mol. The third-order valence-electron chi connectivity index (χ3n) is 4.87. The molecule has 0 aliphatic carbocycles. The number of aryl methyl sites for hydroxylation is 2. The summed E-state index contributed by atoms with van der Waals surface area (Å²) in [5.41, 5.74) is 2.69. The lowest BCUT2D eigenvalue weighted by Crippen LogP contribution is -2.41. The van der Waals surface area contributed by atoms with Crippen LogP contribution in [0.15, 0.2) is 16.9 Å². The highest BCUT2D eigenvalue weighted by atomic mass is 16.5. The molecule has 1 amide bonds. The Hall–Kier alpha value is -2.44. The van der Waals surface area contributed by atoms with E-state index in [2.05, 4.69) is 20.4 Å². The summed E-state index contributed by atoms with van der Waals surface area (Å²) in [4.78, 5) is 23.4. The van der Waals surface area contributed by atoms with Crippen LogP contribution in [0, 0.1) is 19.8 Å². The van der Waals surface area contributed by atoms with Crippen LogP contribution in [0.2, 0.25) is 0 Å². The van der Waals surface area contributed by atoms with E-state index in [4.69, 9.17) is 4.52 Å². The number of piperidine rings is 1. The number of carbonyl (C=O) groups excluding carboxylic acids is 1. The van der Waals surface area contributed by atoms with E-state index in [-0.39, 0.29) is 5.91 Å². The Bertz CT molecular complexity index is 723. The van der Waals surface area contributed by atoms with Crippen molar-refractivity contribution in [3.63, 3.8) is 0 Å². The zero-order valence-electron chi connectivity index (χ0n) is 15.1. The number of anilines is 1. The number of nitrogens with zero attached hydrogens (tertiary/aromatic N) is 4. The quantitative estimate of drug-likeness (QED) is 0.895. The predicted molar refractivity (Wildman–Crippen MR) is 94.3 cm³/mol. The lowest BCUT2D eigenvalue weighted by Gasteiger charge is -2.33. The first-order valence-electron chi connectivity index (χ1n) is 8.75. The molecule has 7 heteroatoms. The average molecular weight is 343 g/mol. The van der Waals surface area contributed by atoms with Gasteiger partial charge in [-0.05, 0) is 39.0 Å². The molecule has 3 rings (SSSR count). The van der Waals surface area contributed by atoms with Crippen molar-refractivity contribution in [1.29, 1.82) is 0 Å². The van der Waals surface area contributed by atoms with Crippen LogP contribution in [0.5, 0.6) is 0 Å². The van der Waals surface area contributed by atoms with Gasteiger partial charge in [0.15, 0.2) is 0 Å². The maximum atomic E-state index is 12.7. The Labute approximate surface area is 147 Å². The van der Waals surface area contributed by atoms with Gasteiger partial charge in [0.25, 0.3) is 0 Å². The Balaban J connectivity index is 1.63. The predicted octanol–water partition coefficient (Wildman–Crippen LogP) is 2.15. The Morgan fingerprint density at radius 3 is 2.88 bits per heavy atom. The van der Waals surface area contributed by atoms with Gasteiger partial charge in [-0.2, -0.15) is 0 Å². The highest BCUT2D eigenvalue weighted by molar-refractivity contribution is 5.79. The summed E-state index contributed by atoms with van der Waals surface area (Å²) in [6.45, 7) is 5.32. The second-order valence-electron chi connectivity index (χ2n) is 6.63. The van der Waals surface area contributed by atoms with E-state index >= 15 is 0 Å². The van der Waals surface area contributed by atoms with Crippen molar-refractivity contribution in [3.05, 3.63) is 35.1 Å². The Morgan fingerprint density at radius 2 is 2.16 bits per heavy atom. The summed E-state index contributed by atoms with van der Waals surface area (Å²) in [6.07, 6.45) is 6.73. The van der Waals surface area contributed by atoms with Crippen LogP contribution in [-0.4, -0.2) is 46.1 Å². The smallest absolute Gasteiger partial charge is 0.227 e. The van der Waals surface area contributed by atoms with Gasteiger partial charge in [0, 0.05) is 38.1 Å². The lowest BCUT2D eigenvalue weighted by molar-refractivity contribution is -0.132. The fourth-order valence-electron chi connectivity index (χ4n) is 3.47. The van der Waals surface area contributed by atoms with E-state index in [1.54, 1.807) is 12.4 Å². The number of likely N-dealkylation sites (tertiary alicyclic amines) is 1. The lowest BCUT2D eigenvalue weighted by atomic mass is 9.92. The third-order valence-corrected chi connectivity index (χ3v) is 4.87. The molecule has 3 heterocycles. The van der Waals surface area contributed by atoms with Crippen LogP contribution < -0.4 is 5.32 Å². The monoisotopic (exact) mass is 343 g/mol. The summed E-state index contributed by atoms with van der Waals surface area (Å²) in [5, 5.41) is 7.03. The molecule has 0 radical (unpaired) electrons. The maximum Gasteiger partial charge on any atom is 0.227 e. The molecule has 1 N–H and O–H groups in total. The van der Waals surface area contributed by atoms with Gasteiger partial charge in [0.2, 0.25) is 5.91 Å². The van der Waals surface area contributed by atoms with Crippen LogP contribution in [-0.2, 0) is 17.6 Å². The molecule has 7 nitrogen and oxygen atoms in total. The maximum absolute atomic E-state index is 12.7. The summed E-state index contributed by atoms with van der Waals surface area (Å²) >= 11 is 0. The summed E-state index contributed by atoms with van der Waals surface area (Å²) in [6, 6.07) is 0. The van der Waals surface area contributed by atoms with Gasteiger partial charge >= 0.3 is 0 Å². The van der Waals surface area contributed by atoms with Crippen molar-refractivity contribution in [2.45, 2.75) is 39.5 Å². The molecule has 0 bridgehead atoms. The molecule has 0 unspecified atom stereocenters. The second kappa shape index (κ2) is 7.63. The number of nitrogens with one attached hydrogen (secondary N) is 1. The van der Waals surface area contributed by atoms with Crippen LogP contribution in [0.25, 0.3) is 0 Å². The molecule has 134 valence electrons. The first-order valence-corrected chi connectivity index (χ1v) is 8.75. The van der Waals surface area contributed by atoms with E-state index in [1.807, 2.05) is 25.8 Å². The minimum absolute atomic E-state index is 0.145. The van der Waals surface area contributed by atoms with Crippen LogP contribution in [0.3, 0.4) is 0 Å². The van der Waals surface area contributed by atoms with E-state index < -0.39 is 0 Å². The highest BCUT2D eigenvalue weighted by Crippen LogP contribution is 2.23. The standard InChI is InChI=1S/C18H25N5O2/c1-12-15(13(2)25-22-12)10-17(24)23-8-4-5-14(11-23)9-16-18(19-3)21-7-6-20-16/h6-7,14H,4-5,8-11H2,1-3H3,(H,19,21)/t14-/m1/s1. The van der Waals surface area contributed by atoms with Gasteiger partial charge in [-0.1, -0.05) is 5.16 Å². The third kappa shape index (κ3) is 3.97. The van der Waals surface area contributed by atoms with Crippen molar-refractivity contribution in [2.24, 2.45) is 5.92 Å². The topological polar surface area (TPSA) is 84.2 Å². The van der Waals surface area contributed by atoms with Gasteiger partial charge in [0.05, 0.1) is 17.8 Å². The largest absolute Gasteiger partial charge is 0.372 e. The number of carbonyl (C=O) groups is 1. The van der Waals surface area contributed by atoms with Crippen LogP contribution in [0.1, 0.15) is 35.6 Å². The minimum atomic E-state index is 0.145. The summed E-state index contributed by atoms with van der Waals surface area (Å²) in [7, 11) is 1.85. The molecule has 25 heavy (non-hydrogen) atoms. The van der Waals surface area contributed by atoms with Crippen molar-refractivity contribution < 1.29 is 9.32 Å². The number of hydrogen-bond donors (Lipinski definition) is 1. The first-order chi connectivity index (χ1) is 12.1. The molecule has 1 fully saturated rings. The molecule has 1 atom stereocenters. The fraction of sp³-hybridized carbons (Fsp3) is 0.556. The molecule has 1 aliphatic rings. The van der Waals surface area contributed by atoms with Gasteiger partial charge in [-0.3, -0.25) is 9.78 Å². The van der Waals surface area contributed by atoms with E-state index in [0.29, 0.717) is 12.3 Å². The molecule has 0 aromatic carbocycles. The molecular formula is C18H25N5O2. The number of hydrogen-bond acceptors (Lipinski definition) is 6. The molecule has 0 spiro atoms. The fourth-order valence-corrected chi connectivity index (χ4v) is 3.47. The zero-order chi connectivity index (χ0) is 17.8. The molecule has 2 aromatic heterocycles. The van der Waals surface area contributed by atoms with Crippen molar-refractivity contribution in [1.82, 2.24) is 20.0 Å². The summed E-state index contributed by atoms with van der Waals surface area (Å²) in [5.74, 6) is 2.11. The highest BCUT2D eigenvalue weighted by Gasteiger charge is 2.26. The van der Waals surface area contributed by atoms with E-state index in [9.17, 15) is 4.79 Å². The number of aromatic nitrogens is 3. The van der Waals surface area contributed by atoms with Gasteiger partial charge in [-0.15, -0.1) is 0 Å². The number of rotatable bonds is 5. The van der Waals surface area contributed by atoms with Gasteiger partial charge in [-0.25, -0.2) is 4.98 Å². The van der Waals surface area contributed by atoms with E-state index in [1.165, 1.54) is 0 Å². The van der Waals surface area contributed by atoms with E-state index in [0.717, 1.165) is 60.9 Å². The SMILES string of the molecule is CNc1nccnc1C[C@H]1CCCN(C(=O)Cc2c(C)noc2C)C1. The van der Waals surface area contributed by atoms with Crippen LogP contribution >= 0.6 is 0 Å². The van der Waals surface area contributed by atoms with Gasteiger partial charge in [0.1, 0.15) is 11.6 Å². The van der Waals surface area contributed by atoms with Crippen LogP contribution in [0.4, 0.5) is 5.82 Å². The summed E-state index contributed by atoms with van der Waals surface area (Å²) < 4.78 is 5.17. The van der Waals surface area contributed by atoms with Crippen molar-refractivity contribution >= 4 is 11.7 Å². The molecule has 1 saturated heterocycles. The number of amides is 1. The van der Waals surface area contributed by atoms with Gasteiger partial charge < -0.3 is 14.7 Å². The minimum Gasteiger partial charge on any atom is -0.372 e. The molecule has 2 aromatic rings. The Morgan fingerprint density at radius 1 is 1.36 bits per heavy atom.